The highest BCUT2D eigenvalue weighted by Gasteiger charge is 2.36. The normalized spacial score (nSPS) is 12.5. The molecule has 1 N–H and O–H groups in total. The maximum Gasteiger partial charge on any atom is 0.416 e. The summed E-state index contributed by atoms with van der Waals surface area (Å²) in [7, 11) is -4.58. The first kappa shape index (κ1) is 32.0. The van der Waals surface area contributed by atoms with Crippen LogP contribution in [0.5, 0.6) is 0 Å². The molecule has 41 heavy (non-hydrogen) atoms. The van der Waals surface area contributed by atoms with Gasteiger partial charge in [-0.1, -0.05) is 61.0 Å². The predicted molar refractivity (Wildman–Crippen MR) is 152 cm³/mol. The minimum atomic E-state index is -4.80. The lowest BCUT2D eigenvalue weighted by Crippen LogP contribution is -2.51. The van der Waals surface area contributed by atoms with Crippen molar-refractivity contribution < 1.29 is 31.2 Å². The van der Waals surface area contributed by atoms with Gasteiger partial charge in [-0.05, 0) is 61.7 Å². The molecule has 1 atom stereocenters. The smallest absolute Gasteiger partial charge is 0.354 e. The van der Waals surface area contributed by atoms with Crippen LogP contribution in [0.4, 0.5) is 18.9 Å². The number of alkyl halides is 3. The number of carbonyl (C=O) groups is 2. The van der Waals surface area contributed by atoms with E-state index in [1.807, 2.05) is 26.0 Å². The third kappa shape index (κ3) is 7.80. The molecule has 0 aliphatic carbocycles. The molecule has 3 aromatic rings. The van der Waals surface area contributed by atoms with Gasteiger partial charge in [0, 0.05) is 13.1 Å². The molecule has 3 aromatic carbocycles. The van der Waals surface area contributed by atoms with Gasteiger partial charge in [-0.15, -0.1) is 0 Å². The van der Waals surface area contributed by atoms with Crippen molar-refractivity contribution in [1.82, 2.24) is 10.2 Å². The zero-order chi connectivity index (χ0) is 30.4. The lowest BCUT2D eigenvalue weighted by molar-refractivity contribution is -0.139. The third-order valence-corrected chi connectivity index (χ3v) is 8.56. The van der Waals surface area contributed by atoms with E-state index in [2.05, 4.69) is 5.32 Å². The topological polar surface area (TPSA) is 86.8 Å². The van der Waals surface area contributed by atoms with Gasteiger partial charge < -0.3 is 10.2 Å². The van der Waals surface area contributed by atoms with Crippen LogP contribution in [0.1, 0.15) is 37.0 Å². The average molecular weight is 610 g/mol. The van der Waals surface area contributed by atoms with Gasteiger partial charge in [0.1, 0.15) is 12.6 Å². The zero-order valence-electron chi connectivity index (χ0n) is 22.8. The summed E-state index contributed by atoms with van der Waals surface area (Å²) in [6.45, 7) is 4.62. The van der Waals surface area contributed by atoms with Crippen molar-refractivity contribution in [3.8, 4) is 0 Å². The second kappa shape index (κ2) is 13.4. The lowest BCUT2D eigenvalue weighted by Gasteiger charge is -2.32. The molecule has 0 spiro atoms. The van der Waals surface area contributed by atoms with Crippen LogP contribution in [0.15, 0.2) is 77.7 Å². The van der Waals surface area contributed by atoms with Crippen molar-refractivity contribution in [3.05, 3.63) is 94.5 Å². The molecule has 0 aromatic heterocycles. The number of aryl methyl sites for hydroxylation is 1. The van der Waals surface area contributed by atoms with Gasteiger partial charge in [0.05, 0.1) is 21.2 Å². The van der Waals surface area contributed by atoms with E-state index >= 15 is 0 Å². The number of rotatable bonds is 11. The zero-order valence-corrected chi connectivity index (χ0v) is 24.4. The van der Waals surface area contributed by atoms with E-state index in [9.17, 15) is 31.2 Å². The van der Waals surface area contributed by atoms with Crippen molar-refractivity contribution >= 4 is 39.1 Å². The van der Waals surface area contributed by atoms with E-state index in [1.54, 1.807) is 18.2 Å². The molecule has 0 aliphatic rings. The van der Waals surface area contributed by atoms with Gasteiger partial charge in [0.2, 0.25) is 11.8 Å². The van der Waals surface area contributed by atoms with Gasteiger partial charge >= 0.3 is 6.18 Å². The average Bonchev–Trinajstić information content (AvgIpc) is 2.94. The number of amides is 2. The molecule has 12 heteroatoms. The van der Waals surface area contributed by atoms with Crippen molar-refractivity contribution in [1.29, 1.82) is 0 Å². The number of nitrogens with one attached hydrogen (secondary N) is 1. The molecule has 3 rings (SSSR count). The van der Waals surface area contributed by atoms with Gasteiger partial charge in [0.25, 0.3) is 10.0 Å². The SMILES string of the molecule is CCCNC(=O)[C@H](C)N(Cc1ccccc1C)C(=O)CN(c1cc(C(F)(F)F)ccc1Cl)S(=O)(=O)c1ccccc1. The third-order valence-electron chi connectivity index (χ3n) is 6.47. The number of sulfonamides is 1. The Kier molecular flexibility index (Phi) is 10.4. The number of hydrogen-bond donors (Lipinski definition) is 1. The van der Waals surface area contributed by atoms with E-state index in [0.29, 0.717) is 28.9 Å². The van der Waals surface area contributed by atoms with E-state index in [-0.39, 0.29) is 16.5 Å². The van der Waals surface area contributed by atoms with Crippen LogP contribution in [0, 0.1) is 6.92 Å². The van der Waals surface area contributed by atoms with Crippen LogP contribution in [0.25, 0.3) is 0 Å². The Balaban J connectivity index is 2.12. The number of halogens is 4. The fraction of sp³-hybridized carbons (Fsp3) is 0.310. The summed E-state index contributed by atoms with van der Waals surface area (Å²) >= 11 is 6.26. The largest absolute Gasteiger partial charge is 0.416 e. The maximum atomic E-state index is 13.9. The first-order chi connectivity index (χ1) is 19.3. The van der Waals surface area contributed by atoms with E-state index < -0.39 is 51.9 Å². The van der Waals surface area contributed by atoms with Crippen molar-refractivity contribution in [2.75, 3.05) is 17.4 Å². The van der Waals surface area contributed by atoms with Crippen molar-refractivity contribution in [2.45, 2.75) is 50.9 Å². The Hall–Kier alpha value is -3.57. The minimum Gasteiger partial charge on any atom is -0.354 e. The molecule has 0 saturated heterocycles. The fourth-order valence-electron chi connectivity index (χ4n) is 4.06. The Morgan fingerprint density at radius 3 is 2.24 bits per heavy atom. The quantitative estimate of drug-likeness (QED) is 0.297. The molecule has 0 saturated carbocycles. The van der Waals surface area contributed by atoms with Crippen LogP contribution < -0.4 is 9.62 Å². The summed E-state index contributed by atoms with van der Waals surface area (Å²) in [6, 6.07) is 15.4. The highest BCUT2D eigenvalue weighted by Crippen LogP contribution is 2.37. The Morgan fingerprint density at radius 1 is 1.00 bits per heavy atom. The molecular weight excluding hydrogens is 579 g/mol. The summed E-state index contributed by atoms with van der Waals surface area (Å²) < 4.78 is 69.0. The highest BCUT2D eigenvalue weighted by atomic mass is 35.5. The summed E-state index contributed by atoms with van der Waals surface area (Å²) in [5, 5.41) is 2.43. The lowest BCUT2D eigenvalue weighted by atomic mass is 10.1. The standard InChI is InChI=1S/C29H31ClF3N3O4S/c1-4-16-34-28(38)21(3)35(18-22-11-9-8-10-20(22)2)27(37)19-36(41(39,40)24-12-6-5-7-13-24)26-17-23(29(31,32)33)14-15-25(26)30/h5-15,17,21H,4,16,18-19H2,1-3H3,(H,34,38)/t21-/m0/s1. The van der Waals surface area contributed by atoms with Gasteiger partial charge in [-0.2, -0.15) is 13.2 Å². The molecule has 220 valence electrons. The Morgan fingerprint density at radius 2 is 1.63 bits per heavy atom. The second-order valence-corrected chi connectivity index (χ2v) is 11.7. The van der Waals surface area contributed by atoms with Crippen LogP contribution in [-0.2, 0) is 32.3 Å². The number of benzene rings is 3. The van der Waals surface area contributed by atoms with Crippen LogP contribution in [-0.4, -0.2) is 44.3 Å². The number of hydrogen-bond acceptors (Lipinski definition) is 4. The molecule has 0 aliphatic heterocycles. The molecule has 7 nitrogen and oxygen atoms in total. The number of anilines is 1. The van der Waals surface area contributed by atoms with E-state index in [1.165, 1.54) is 36.1 Å². The summed E-state index contributed by atoms with van der Waals surface area (Å²) in [4.78, 5) is 27.8. The van der Waals surface area contributed by atoms with Crippen molar-refractivity contribution in [2.24, 2.45) is 0 Å². The molecule has 0 heterocycles. The molecular formula is C29H31ClF3N3O4S. The van der Waals surface area contributed by atoms with Crippen LogP contribution >= 0.6 is 11.6 Å². The fourth-order valence-corrected chi connectivity index (χ4v) is 5.78. The summed E-state index contributed by atoms with van der Waals surface area (Å²) in [6.07, 6.45) is -4.14. The summed E-state index contributed by atoms with van der Waals surface area (Å²) in [5.41, 5.74) is -0.106. The molecule has 0 radical (unpaired) electrons. The molecule has 2 amide bonds. The van der Waals surface area contributed by atoms with Gasteiger partial charge in [-0.25, -0.2) is 8.42 Å². The van der Waals surface area contributed by atoms with Crippen LogP contribution in [0.2, 0.25) is 5.02 Å². The molecule has 0 fully saturated rings. The highest BCUT2D eigenvalue weighted by molar-refractivity contribution is 7.92. The van der Waals surface area contributed by atoms with Gasteiger partial charge in [0.15, 0.2) is 0 Å². The van der Waals surface area contributed by atoms with Crippen LogP contribution in [0.3, 0.4) is 0 Å². The first-order valence-electron chi connectivity index (χ1n) is 12.8. The summed E-state index contributed by atoms with van der Waals surface area (Å²) in [5.74, 6) is -1.26. The first-order valence-corrected chi connectivity index (χ1v) is 14.6. The van der Waals surface area contributed by atoms with E-state index in [0.717, 1.165) is 17.7 Å². The maximum absolute atomic E-state index is 13.9. The Labute approximate surface area is 243 Å². The van der Waals surface area contributed by atoms with Gasteiger partial charge in [-0.3, -0.25) is 13.9 Å². The number of carbonyl (C=O) groups excluding carboxylic acids is 2. The molecule has 0 unspecified atom stereocenters. The second-order valence-electron chi connectivity index (χ2n) is 9.40. The number of nitrogens with zero attached hydrogens (tertiary/aromatic N) is 2. The molecule has 0 bridgehead atoms. The van der Waals surface area contributed by atoms with Crippen molar-refractivity contribution in [3.63, 3.8) is 0 Å². The predicted octanol–water partition coefficient (Wildman–Crippen LogP) is 5.81. The Bertz CT molecular complexity index is 1480. The monoisotopic (exact) mass is 609 g/mol. The minimum absolute atomic E-state index is 0.0399. The van der Waals surface area contributed by atoms with E-state index in [4.69, 9.17) is 11.6 Å².